The predicted molar refractivity (Wildman–Crippen MR) is 104 cm³/mol. The fraction of sp³-hybridized carbons (Fsp3) is 0.522. The van der Waals surface area contributed by atoms with E-state index in [-0.39, 0.29) is 11.5 Å². The van der Waals surface area contributed by atoms with Crippen LogP contribution in [0.15, 0.2) is 46.9 Å². The summed E-state index contributed by atoms with van der Waals surface area (Å²) in [6.07, 6.45) is 4.47. The number of likely N-dealkylation sites (tertiary alicyclic amines) is 2. The molecular weight excluding hydrogens is 336 g/mol. The van der Waals surface area contributed by atoms with Crippen molar-refractivity contribution in [3.05, 3.63) is 59.5 Å². The van der Waals surface area contributed by atoms with Gasteiger partial charge in [0.2, 0.25) is 5.91 Å². The van der Waals surface area contributed by atoms with Crippen LogP contribution in [0.5, 0.6) is 0 Å². The zero-order valence-electron chi connectivity index (χ0n) is 16.1. The minimum atomic E-state index is -0.189. The Morgan fingerprint density at radius 2 is 1.81 bits per heavy atom. The van der Waals surface area contributed by atoms with Crippen LogP contribution >= 0.6 is 0 Å². The lowest BCUT2D eigenvalue weighted by Gasteiger charge is -2.59. The van der Waals surface area contributed by atoms with Crippen molar-refractivity contribution in [2.45, 2.75) is 45.2 Å². The summed E-state index contributed by atoms with van der Waals surface area (Å²) in [5.41, 5.74) is 1.12. The average Bonchev–Trinajstić information content (AvgIpc) is 3.43. The third kappa shape index (κ3) is 3.00. The number of carbonyl (C=O) groups is 1. The minimum Gasteiger partial charge on any atom is -0.465 e. The Balaban J connectivity index is 1.32. The van der Waals surface area contributed by atoms with Crippen LogP contribution in [0.4, 0.5) is 0 Å². The van der Waals surface area contributed by atoms with E-state index in [9.17, 15) is 4.79 Å². The number of amides is 1. The smallest absolute Gasteiger partial charge is 0.231 e. The predicted octanol–water partition coefficient (Wildman–Crippen LogP) is 4.16. The van der Waals surface area contributed by atoms with Crippen molar-refractivity contribution in [3.63, 3.8) is 0 Å². The van der Waals surface area contributed by atoms with E-state index in [2.05, 4.69) is 46.2 Å². The van der Waals surface area contributed by atoms with Crippen molar-refractivity contribution in [3.8, 4) is 0 Å². The standard InChI is InChI=1S/C23H28N2O2/c1-17-7-10-20(27-17)16-24-13-11-23(12-14-24)21(19-5-3-2-4-6-19)25(22(23)26)15-18-8-9-18/h2-7,10,18,21H,8-9,11-16H2,1H3/t21-/m0/s1. The number of hydrogen-bond donors (Lipinski definition) is 0. The van der Waals surface area contributed by atoms with Gasteiger partial charge in [-0.3, -0.25) is 9.69 Å². The Kier molecular flexibility index (Phi) is 4.12. The van der Waals surface area contributed by atoms with Gasteiger partial charge in [-0.25, -0.2) is 0 Å². The van der Waals surface area contributed by atoms with Crippen molar-refractivity contribution in [2.75, 3.05) is 19.6 Å². The number of hydrogen-bond acceptors (Lipinski definition) is 3. The van der Waals surface area contributed by atoms with Gasteiger partial charge in [0.05, 0.1) is 18.0 Å². The van der Waals surface area contributed by atoms with Crippen LogP contribution in [0, 0.1) is 18.3 Å². The molecule has 1 saturated carbocycles. The summed E-state index contributed by atoms with van der Waals surface area (Å²) in [5.74, 6) is 3.13. The highest BCUT2D eigenvalue weighted by molar-refractivity contribution is 5.91. The van der Waals surface area contributed by atoms with Crippen LogP contribution in [0.1, 0.15) is 48.8 Å². The molecule has 1 aliphatic carbocycles. The largest absolute Gasteiger partial charge is 0.465 e. The Labute approximate surface area is 161 Å². The van der Waals surface area contributed by atoms with Crippen LogP contribution in [-0.2, 0) is 11.3 Å². The summed E-state index contributed by atoms with van der Waals surface area (Å²) in [6.45, 7) is 5.72. The molecule has 0 N–H and O–H groups in total. The van der Waals surface area contributed by atoms with E-state index in [4.69, 9.17) is 4.42 Å². The van der Waals surface area contributed by atoms with Gasteiger partial charge in [-0.2, -0.15) is 0 Å². The van der Waals surface area contributed by atoms with Gasteiger partial charge in [-0.05, 0) is 69.3 Å². The van der Waals surface area contributed by atoms with E-state index in [0.717, 1.165) is 56.5 Å². The number of furan rings is 1. The molecule has 1 amide bonds. The average molecular weight is 364 g/mol. The van der Waals surface area contributed by atoms with Crippen molar-refractivity contribution < 1.29 is 9.21 Å². The molecule has 0 unspecified atom stereocenters. The first-order valence-electron chi connectivity index (χ1n) is 10.3. The van der Waals surface area contributed by atoms with Crippen molar-refractivity contribution >= 4 is 5.91 Å². The molecule has 1 spiro atoms. The van der Waals surface area contributed by atoms with Crippen LogP contribution in [0.3, 0.4) is 0 Å². The SMILES string of the molecule is Cc1ccc(CN2CCC3(CC2)C(=O)N(CC2CC2)[C@H]3c2ccccc2)o1. The first-order valence-corrected chi connectivity index (χ1v) is 10.3. The summed E-state index contributed by atoms with van der Waals surface area (Å²) in [4.78, 5) is 17.9. The van der Waals surface area contributed by atoms with Gasteiger partial charge in [0.15, 0.2) is 0 Å². The zero-order chi connectivity index (χ0) is 18.4. The molecule has 2 saturated heterocycles. The van der Waals surface area contributed by atoms with Crippen molar-refractivity contribution in [2.24, 2.45) is 11.3 Å². The highest BCUT2D eigenvalue weighted by atomic mass is 16.3. The van der Waals surface area contributed by atoms with Crippen LogP contribution < -0.4 is 0 Å². The summed E-state index contributed by atoms with van der Waals surface area (Å²) in [7, 11) is 0. The van der Waals surface area contributed by atoms with Crippen molar-refractivity contribution in [1.29, 1.82) is 0 Å². The van der Waals surface area contributed by atoms with Gasteiger partial charge in [-0.15, -0.1) is 0 Å². The number of nitrogens with zero attached hydrogens (tertiary/aromatic N) is 2. The molecule has 142 valence electrons. The Morgan fingerprint density at radius 1 is 1.07 bits per heavy atom. The number of benzene rings is 1. The lowest BCUT2D eigenvalue weighted by molar-refractivity contribution is -0.181. The van der Waals surface area contributed by atoms with E-state index < -0.39 is 0 Å². The third-order valence-electron chi connectivity index (χ3n) is 6.71. The van der Waals surface area contributed by atoms with Gasteiger partial charge >= 0.3 is 0 Å². The molecule has 0 radical (unpaired) electrons. The molecule has 3 fully saturated rings. The van der Waals surface area contributed by atoms with Crippen LogP contribution in [0.2, 0.25) is 0 Å². The molecule has 5 rings (SSSR count). The maximum absolute atomic E-state index is 13.2. The molecular formula is C23H28N2O2. The Hall–Kier alpha value is -2.07. The van der Waals surface area contributed by atoms with E-state index in [1.807, 2.05) is 13.0 Å². The van der Waals surface area contributed by atoms with Gasteiger partial charge in [0, 0.05) is 6.54 Å². The topological polar surface area (TPSA) is 36.7 Å². The molecule has 4 nitrogen and oxygen atoms in total. The molecule has 0 bridgehead atoms. The lowest BCUT2D eigenvalue weighted by atomic mass is 9.62. The summed E-state index contributed by atoms with van der Waals surface area (Å²) >= 11 is 0. The maximum Gasteiger partial charge on any atom is 0.231 e. The molecule has 3 heterocycles. The molecule has 1 aromatic carbocycles. The van der Waals surface area contributed by atoms with Gasteiger partial charge in [-0.1, -0.05) is 30.3 Å². The first-order chi connectivity index (χ1) is 13.2. The second-order valence-electron chi connectivity index (χ2n) is 8.66. The number of rotatable bonds is 5. The molecule has 3 aliphatic rings. The lowest BCUT2D eigenvalue weighted by Crippen LogP contribution is -2.66. The van der Waals surface area contributed by atoms with Gasteiger partial charge < -0.3 is 9.32 Å². The molecule has 2 aliphatic heterocycles. The van der Waals surface area contributed by atoms with Gasteiger partial charge in [0.25, 0.3) is 0 Å². The summed E-state index contributed by atoms with van der Waals surface area (Å²) in [5, 5.41) is 0. The quantitative estimate of drug-likeness (QED) is 0.748. The van der Waals surface area contributed by atoms with Crippen molar-refractivity contribution in [1.82, 2.24) is 9.80 Å². The van der Waals surface area contributed by atoms with E-state index in [1.54, 1.807) is 0 Å². The van der Waals surface area contributed by atoms with Gasteiger partial charge in [0.1, 0.15) is 11.5 Å². The maximum atomic E-state index is 13.2. The van der Waals surface area contributed by atoms with E-state index >= 15 is 0 Å². The zero-order valence-corrected chi connectivity index (χ0v) is 16.1. The Bertz CT molecular complexity index is 816. The number of aryl methyl sites for hydroxylation is 1. The fourth-order valence-corrected chi connectivity index (χ4v) is 5.04. The first kappa shape index (κ1) is 17.1. The fourth-order valence-electron chi connectivity index (χ4n) is 5.04. The summed E-state index contributed by atoms with van der Waals surface area (Å²) < 4.78 is 5.74. The molecule has 1 atom stereocenters. The highest BCUT2D eigenvalue weighted by Gasteiger charge is 2.61. The van der Waals surface area contributed by atoms with E-state index in [1.165, 1.54) is 18.4 Å². The monoisotopic (exact) mass is 364 g/mol. The minimum absolute atomic E-state index is 0.189. The molecule has 1 aromatic heterocycles. The number of carbonyl (C=O) groups excluding carboxylic acids is 1. The highest BCUT2D eigenvalue weighted by Crippen LogP contribution is 2.57. The molecule has 27 heavy (non-hydrogen) atoms. The Morgan fingerprint density at radius 3 is 2.44 bits per heavy atom. The van der Waals surface area contributed by atoms with E-state index in [0.29, 0.717) is 5.91 Å². The van der Waals surface area contributed by atoms with Crippen LogP contribution in [0.25, 0.3) is 0 Å². The number of piperidine rings is 1. The normalized spacial score (nSPS) is 25.0. The number of β-lactam (4-membered cyclic amide) rings is 1. The molecule has 2 aromatic rings. The third-order valence-corrected chi connectivity index (χ3v) is 6.71. The van der Waals surface area contributed by atoms with Crippen LogP contribution in [-0.4, -0.2) is 35.3 Å². The second kappa shape index (κ2) is 6.52. The molecule has 4 heteroatoms. The summed E-state index contributed by atoms with van der Waals surface area (Å²) in [6, 6.07) is 15.0. The second-order valence-corrected chi connectivity index (χ2v) is 8.66.